The average Bonchev–Trinajstić information content (AvgIpc) is 2.80. The summed E-state index contributed by atoms with van der Waals surface area (Å²) in [5, 5.41) is 9.75. The summed E-state index contributed by atoms with van der Waals surface area (Å²) in [4.78, 5) is 10.9. The van der Waals surface area contributed by atoms with Gasteiger partial charge >= 0.3 is 5.97 Å². The molecule has 108 valence electrons. The van der Waals surface area contributed by atoms with E-state index in [-0.39, 0.29) is 11.0 Å². The van der Waals surface area contributed by atoms with Crippen molar-refractivity contribution in [2.75, 3.05) is 0 Å². The Labute approximate surface area is 120 Å². The minimum atomic E-state index is -1.08. The monoisotopic (exact) mass is 294 g/mol. The lowest BCUT2D eigenvalue weighted by Gasteiger charge is -2.14. The molecule has 0 aliphatic heterocycles. The summed E-state index contributed by atoms with van der Waals surface area (Å²) >= 11 is 0. The van der Waals surface area contributed by atoms with Crippen molar-refractivity contribution >= 4 is 27.7 Å². The van der Waals surface area contributed by atoms with Gasteiger partial charge in [0.15, 0.2) is 0 Å². The van der Waals surface area contributed by atoms with Crippen molar-refractivity contribution in [1.29, 1.82) is 0 Å². The number of aromatic carboxylic acids is 1. The van der Waals surface area contributed by atoms with E-state index in [1.807, 2.05) is 19.1 Å². The van der Waals surface area contributed by atoms with Gasteiger partial charge in [-0.1, -0.05) is 26.8 Å². The van der Waals surface area contributed by atoms with Crippen molar-refractivity contribution in [1.82, 2.24) is 0 Å². The van der Waals surface area contributed by atoms with Crippen LogP contribution >= 0.6 is 0 Å². The molecule has 2 unspecified atom stereocenters. The Morgan fingerprint density at radius 3 is 2.60 bits per heavy atom. The van der Waals surface area contributed by atoms with Crippen molar-refractivity contribution in [2.24, 2.45) is 5.92 Å². The molecule has 0 radical (unpaired) electrons. The van der Waals surface area contributed by atoms with Gasteiger partial charge in [-0.15, -0.1) is 0 Å². The van der Waals surface area contributed by atoms with E-state index in [4.69, 9.17) is 9.52 Å². The molecule has 0 saturated heterocycles. The molecular formula is C15H18O4S. The third-order valence-electron chi connectivity index (χ3n) is 3.45. The van der Waals surface area contributed by atoms with Gasteiger partial charge in [-0.05, 0) is 29.7 Å². The summed E-state index contributed by atoms with van der Waals surface area (Å²) in [6.07, 6.45) is 0. The molecule has 4 nitrogen and oxygen atoms in total. The lowest BCUT2D eigenvalue weighted by Crippen LogP contribution is -2.18. The molecule has 0 aliphatic carbocycles. The molecule has 0 spiro atoms. The summed E-state index contributed by atoms with van der Waals surface area (Å²) in [5.41, 5.74) is 1.47. The van der Waals surface area contributed by atoms with Crippen molar-refractivity contribution < 1.29 is 18.5 Å². The van der Waals surface area contributed by atoms with Crippen molar-refractivity contribution in [3.63, 3.8) is 0 Å². The molecule has 20 heavy (non-hydrogen) atoms. The van der Waals surface area contributed by atoms with Crippen LogP contribution in [0.4, 0.5) is 0 Å². The van der Waals surface area contributed by atoms with Gasteiger partial charge in [0.25, 0.3) is 0 Å². The molecule has 2 aromatic rings. The molecule has 1 heterocycles. The molecule has 0 bridgehead atoms. The molecular weight excluding hydrogens is 276 g/mol. The number of hydrogen-bond acceptors (Lipinski definition) is 3. The molecule has 0 amide bonds. The lowest BCUT2D eigenvalue weighted by atomic mass is 10.1. The third-order valence-corrected chi connectivity index (χ3v) is 5.45. The smallest absolute Gasteiger partial charge is 0.371 e. The zero-order valence-corrected chi connectivity index (χ0v) is 12.6. The van der Waals surface area contributed by atoms with Crippen molar-refractivity contribution in [2.45, 2.75) is 31.8 Å². The van der Waals surface area contributed by atoms with Crippen LogP contribution < -0.4 is 0 Å². The highest BCUT2D eigenvalue weighted by Gasteiger charge is 2.16. The molecule has 0 aliphatic rings. The van der Waals surface area contributed by atoms with Crippen LogP contribution in [0.3, 0.4) is 0 Å². The Kier molecular flexibility index (Phi) is 4.28. The third kappa shape index (κ3) is 3.10. The number of carbonyl (C=O) groups is 1. The topological polar surface area (TPSA) is 67.5 Å². The largest absolute Gasteiger partial charge is 0.475 e. The molecule has 5 heteroatoms. The summed E-state index contributed by atoms with van der Waals surface area (Å²) in [6.45, 7) is 6.10. The van der Waals surface area contributed by atoms with E-state index >= 15 is 0 Å². The van der Waals surface area contributed by atoms with E-state index in [1.165, 1.54) is 6.07 Å². The lowest BCUT2D eigenvalue weighted by molar-refractivity contribution is 0.0665. The SMILES string of the molecule is CC(C)C(C)S(=O)Cc1ccc2oc(C(=O)O)cc2c1. The van der Waals surface area contributed by atoms with Gasteiger partial charge < -0.3 is 9.52 Å². The fourth-order valence-corrected chi connectivity index (χ4v) is 3.27. The van der Waals surface area contributed by atoms with Gasteiger partial charge in [0.05, 0.1) is 0 Å². The average molecular weight is 294 g/mol. The van der Waals surface area contributed by atoms with Gasteiger partial charge in [-0.3, -0.25) is 4.21 Å². The molecule has 0 fully saturated rings. The molecule has 2 atom stereocenters. The Balaban J connectivity index is 2.23. The molecule has 1 aromatic heterocycles. The van der Waals surface area contributed by atoms with Crippen LogP contribution in [0.2, 0.25) is 0 Å². The fraction of sp³-hybridized carbons (Fsp3) is 0.400. The minimum Gasteiger partial charge on any atom is -0.475 e. The van der Waals surface area contributed by atoms with E-state index < -0.39 is 16.8 Å². The zero-order valence-electron chi connectivity index (χ0n) is 11.8. The number of carboxylic acid groups (broad SMARTS) is 1. The Morgan fingerprint density at radius 1 is 1.30 bits per heavy atom. The van der Waals surface area contributed by atoms with Gasteiger partial charge in [0, 0.05) is 27.2 Å². The number of furan rings is 1. The molecule has 2 rings (SSSR count). The van der Waals surface area contributed by atoms with Crippen LogP contribution in [0.1, 0.15) is 36.9 Å². The quantitative estimate of drug-likeness (QED) is 0.917. The second-order valence-corrected chi connectivity index (χ2v) is 7.06. The predicted octanol–water partition coefficient (Wildman–Crippen LogP) is 3.42. The van der Waals surface area contributed by atoms with Crippen LogP contribution in [0.25, 0.3) is 11.0 Å². The van der Waals surface area contributed by atoms with Crippen molar-refractivity contribution in [3.05, 3.63) is 35.6 Å². The van der Waals surface area contributed by atoms with Crippen molar-refractivity contribution in [3.8, 4) is 0 Å². The van der Waals surface area contributed by atoms with Crippen LogP contribution in [0.5, 0.6) is 0 Å². The van der Waals surface area contributed by atoms with E-state index in [9.17, 15) is 9.00 Å². The van der Waals surface area contributed by atoms with Crippen LogP contribution in [-0.2, 0) is 16.6 Å². The first-order valence-corrected chi connectivity index (χ1v) is 7.89. The second-order valence-electron chi connectivity index (χ2n) is 5.26. The van der Waals surface area contributed by atoms with Gasteiger partial charge in [0.2, 0.25) is 5.76 Å². The van der Waals surface area contributed by atoms with E-state index in [0.29, 0.717) is 17.3 Å². The summed E-state index contributed by atoms with van der Waals surface area (Å²) in [7, 11) is -0.938. The fourth-order valence-electron chi connectivity index (χ4n) is 1.89. The summed E-state index contributed by atoms with van der Waals surface area (Å²) in [6, 6.07) is 6.91. The van der Waals surface area contributed by atoms with Gasteiger partial charge in [-0.2, -0.15) is 0 Å². The highest BCUT2D eigenvalue weighted by Crippen LogP contribution is 2.22. The van der Waals surface area contributed by atoms with Gasteiger partial charge in [0.1, 0.15) is 5.58 Å². The number of benzene rings is 1. The van der Waals surface area contributed by atoms with E-state index in [2.05, 4.69) is 13.8 Å². The Morgan fingerprint density at radius 2 is 2.00 bits per heavy atom. The standard InChI is InChI=1S/C15H18O4S/c1-9(2)10(3)20(18)8-11-4-5-13-12(6-11)7-14(19-13)15(16)17/h4-7,9-10H,8H2,1-3H3,(H,16,17). The molecule has 1 N–H and O–H groups in total. The number of carboxylic acids is 1. The van der Waals surface area contributed by atoms with E-state index in [0.717, 1.165) is 10.9 Å². The van der Waals surface area contributed by atoms with E-state index in [1.54, 1.807) is 6.07 Å². The maximum absolute atomic E-state index is 12.2. The van der Waals surface area contributed by atoms with Crippen LogP contribution in [-0.4, -0.2) is 20.5 Å². The van der Waals surface area contributed by atoms with Crippen LogP contribution in [0, 0.1) is 5.92 Å². The summed E-state index contributed by atoms with van der Waals surface area (Å²) < 4.78 is 17.4. The maximum atomic E-state index is 12.2. The highest BCUT2D eigenvalue weighted by atomic mass is 32.2. The zero-order chi connectivity index (χ0) is 14.9. The first-order chi connectivity index (χ1) is 9.38. The minimum absolute atomic E-state index is 0.0752. The second kappa shape index (κ2) is 5.79. The number of fused-ring (bicyclic) bond motifs is 1. The van der Waals surface area contributed by atoms with Gasteiger partial charge in [-0.25, -0.2) is 4.79 Å². The predicted molar refractivity (Wildman–Crippen MR) is 79.3 cm³/mol. The Bertz CT molecular complexity index is 657. The summed E-state index contributed by atoms with van der Waals surface area (Å²) in [5.74, 6) is -0.316. The highest BCUT2D eigenvalue weighted by molar-refractivity contribution is 7.84. The first kappa shape index (κ1) is 14.8. The van der Waals surface area contributed by atoms with Crippen LogP contribution in [0.15, 0.2) is 28.7 Å². The first-order valence-electron chi connectivity index (χ1n) is 6.51. The Hall–Kier alpha value is -1.62. The molecule has 1 aromatic carbocycles. The number of hydrogen-bond donors (Lipinski definition) is 1. The number of rotatable bonds is 5. The molecule has 0 saturated carbocycles. The maximum Gasteiger partial charge on any atom is 0.371 e. The normalized spacial score (nSPS) is 14.6.